The highest BCUT2D eigenvalue weighted by Gasteiger charge is 2.25. The van der Waals surface area contributed by atoms with Gasteiger partial charge in [0.05, 0.1) is 0 Å². The highest BCUT2D eigenvalue weighted by molar-refractivity contribution is 8.13. The molecule has 0 radical (unpaired) electrons. The summed E-state index contributed by atoms with van der Waals surface area (Å²) in [6.45, 7) is 1.85. The minimum atomic E-state index is -3.56. The molecular weight excluding hydrogens is 250 g/mol. The molecule has 0 spiro atoms. The molecule has 1 saturated carbocycles. The average Bonchev–Trinajstić information content (AvgIpc) is 2.75. The van der Waals surface area contributed by atoms with Gasteiger partial charge in [-0.1, -0.05) is 18.0 Å². The lowest BCUT2D eigenvalue weighted by Crippen LogP contribution is -1.98. The van der Waals surface area contributed by atoms with Gasteiger partial charge in [0.25, 0.3) is 0 Å². The summed E-state index contributed by atoms with van der Waals surface area (Å²) >= 11 is 0. The summed E-state index contributed by atoms with van der Waals surface area (Å²) in [4.78, 5) is 0. The molecule has 1 aliphatic carbocycles. The molecule has 1 aromatic rings. The van der Waals surface area contributed by atoms with Crippen molar-refractivity contribution in [3.8, 4) is 0 Å². The minimum absolute atomic E-state index is 0.253. The molecule has 0 bridgehead atoms. The van der Waals surface area contributed by atoms with Gasteiger partial charge in [0.2, 0.25) is 9.05 Å². The molecule has 0 aliphatic heterocycles. The van der Waals surface area contributed by atoms with Crippen molar-refractivity contribution in [3.63, 3.8) is 0 Å². The fourth-order valence-corrected chi connectivity index (χ4v) is 3.16. The van der Waals surface area contributed by atoms with Crippen LogP contribution in [0, 0.1) is 6.92 Å². The molecule has 1 heterocycles. The van der Waals surface area contributed by atoms with Crippen LogP contribution < -0.4 is 0 Å². The van der Waals surface area contributed by atoms with Gasteiger partial charge < -0.3 is 4.52 Å². The summed E-state index contributed by atoms with van der Waals surface area (Å²) in [5, 5.41) is 3.81. The molecule has 0 aromatic carbocycles. The lowest BCUT2D eigenvalue weighted by molar-refractivity contribution is 0.356. The summed E-state index contributed by atoms with van der Waals surface area (Å²) in [6, 6.07) is 0. The Labute approximate surface area is 99.4 Å². The van der Waals surface area contributed by atoms with E-state index in [1.54, 1.807) is 0 Å². The maximum absolute atomic E-state index is 11.0. The van der Waals surface area contributed by atoms with Crippen LogP contribution in [0.2, 0.25) is 0 Å². The van der Waals surface area contributed by atoms with E-state index in [2.05, 4.69) is 5.16 Å². The topological polar surface area (TPSA) is 60.2 Å². The van der Waals surface area contributed by atoms with Crippen molar-refractivity contribution < 1.29 is 12.9 Å². The maximum Gasteiger partial charge on any atom is 0.238 e. The fraction of sp³-hybridized carbons (Fsp3) is 0.700. The highest BCUT2D eigenvalue weighted by Crippen LogP contribution is 2.36. The Morgan fingerprint density at radius 1 is 1.44 bits per heavy atom. The van der Waals surface area contributed by atoms with Gasteiger partial charge in [0, 0.05) is 22.2 Å². The Morgan fingerprint density at radius 3 is 2.62 bits per heavy atom. The predicted molar refractivity (Wildman–Crippen MR) is 60.9 cm³/mol. The van der Waals surface area contributed by atoms with E-state index in [1.807, 2.05) is 6.92 Å². The molecule has 1 fully saturated rings. The lowest BCUT2D eigenvalue weighted by atomic mass is 10.0. The van der Waals surface area contributed by atoms with E-state index < -0.39 is 9.05 Å². The number of halogens is 1. The summed E-state index contributed by atoms with van der Waals surface area (Å²) in [5.41, 5.74) is 1.29. The summed E-state index contributed by atoms with van der Waals surface area (Å²) < 4.78 is 27.2. The van der Waals surface area contributed by atoms with Crippen LogP contribution in [0.1, 0.15) is 48.6 Å². The predicted octanol–water partition coefficient (Wildman–Crippen LogP) is 2.71. The molecule has 0 amide bonds. The van der Waals surface area contributed by atoms with Crippen LogP contribution in [0.25, 0.3) is 0 Å². The van der Waals surface area contributed by atoms with Crippen molar-refractivity contribution in [2.45, 2.75) is 44.3 Å². The monoisotopic (exact) mass is 263 g/mol. The smallest absolute Gasteiger partial charge is 0.238 e. The SMILES string of the molecule is Cc1c(CS(=O)(=O)Cl)noc1C1CCCC1. The van der Waals surface area contributed by atoms with Gasteiger partial charge in [-0.15, -0.1) is 0 Å². The first-order chi connectivity index (χ1) is 7.47. The van der Waals surface area contributed by atoms with E-state index >= 15 is 0 Å². The molecule has 0 N–H and O–H groups in total. The molecular formula is C10H14ClNO3S. The van der Waals surface area contributed by atoms with Crippen molar-refractivity contribution in [1.29, 1.82) is 0 Å². The van der Waals surface area contributed by atoms with Crippen molar-refractivity contribution >= 4 is 19.7 Å². The highest BCUT2D eigenvalue weighted by atomic mass is 35.7. The van der Waals surface area contributed by atoms with E-state index in [9.17, 15) is 8.42 Å². The van der Waals surface area contributed by atoms with Crippen LogP contribution in [0.5, 0.6) is 0 Å². The Bertz CT molecular complexity index is 474. The minimum Gasteiger partial charge on any atom is -0.361 e. The van der Waals surface area contributed by atoms with Gasteiger partial charge in [0.1, 0.15) is 17.2 Å². The molecule has 2 rings (SSSR count). The molecule has 90 valence electrons. The largest absolute Gasteiger partial charge is 0.361 e. The van der Waals surface area contributed by atoms with E-state index in [-0.39, 0.29) is 5.75 Å². The molecule has 0 saturated heterocycles. The summed E-state index contributed by atoms with van der Waals surface area (Å²) in [7, 11) is 1.64. The number of nitrogens with zero attached hydrogens (tertiary/aromatic N) is 1. The first kappa shape index (κ1) is 11.9. The fourth-order valence-electron chi connectivity index (χ4n) is 2.25. The summed E-state index contributed by atoms with van der Waals surface area (Å²) in [5.74, 6) is 0.989. The third-order valence-electron chi connectivity index (χ3n) is 3.09. The average molecular weight is 264 g/mol. The second-order valence-corrected chi connectivity index (χ2v) is 7.06. The van der Waals surface area contributed by atoms with Crippen molar-refractivity contribution in [3.05, 3.63) is 17.0 Å². The van der Waals surface area contributed by atoms with Crippen LogP contribution in [0.15, 0.2) is 4.52 Å². The third-order valence-corrected chi connectivity index (χ3v) is 4.04. The summed E-state index contributed by atoms with van der Waals surface area (Å²) in [6.07, 6.45) is 4.61. The van der Waals surface area contributed by atoms with E-state index in [1.165, 1.54) is 12.8 Å². The molecule has 0 unspecified atom stereocenters. The molecule has 1 aliphatic rings. The first-order valence-electron chi connectivity index (χ1n) is 5.35. The molecule has 4 nitrogen and oxygen atoms in total. The van der Waals surface area contributed by atoms with Crippen molar-refractivity contribution in [1.82, 2.24) is 5.16 Å². The zero-order valence-corrected chi connectivity index (χ0v) is 10.6. The number of rotatable bonds is 3. The second-order valence-electron chi connectivity index (χ2n) is 4.28. The third kappa shape index (κ3) is 2.58. The van der Waals surface area contributed by atoms with Crippen LogP contribution in [0.4, 0.5) is 0 Å². The van der Waals surface area contributed by atoms with Crippen LogP contribution in [0.3, 0.4) is 0 Å². The van der Waals surface area contributed by atoms with E-state index in [4.69, 9.17) is 15.2 Å². The zero-order chi connectivity index (χ0) is 11.8. The van der Waals surface area contributed by atoms with Gasteiger partial charge in [0.15, 0.2) is 0 Å². The Balaban J connectivity index is 2.23. The normalized spacial score (nSPS) is 18.1. The van der Waals surface area contributed by atoms with E-state index in [0.29, 0.717) is 11.6 Å². The number of hydrogen-bond donors (Lipinski definition) is 0. The Morgan fingerprint density at radius 2 is 2.06 bits per heavy atom. The molecule has 1 aromatic heterocycles. The first-order valence-corrected chi connectivity index (χ1v) is 7.82. The van der Waals surface area contributed by atoms with Crippen LogP contribution >= 0.6 is 10.7 Å². The van der Waals surface area contributed by atoms with Gasteiger partial charge >= 0.3 is 0 Å². The Kier molecular flexibility index (Phi) is 3.26. The van der Waals surface area contributed by atoms with Crippen LogP contribution in [-0.4, -0.2) is 13.6 Å². The van der Waals surface area contributed by atoms with Gasteiger partial charge in [-0.25, -0.2) is 8.42 Å². The Hall–Kier alpha value is -0.550. The second kappa shape index (κ2) is 4.37. The van der Waals surface area contributed by atoms with Crippen LogP contribution in [-0.2, 0) is 14.8 Å². The lowest BCUT2D eigenvalue weighted by Gasteiger charge is -2.04. The number of aromatic nitrogens is 1. The maximum atomic E-state index is 11.0. The van der Waals surface area contributed by atoms with Gasteiger partial charge in [-0.3, -0.25) is 0 Å². The van der Waals surface area contributed by atoms with E-state index in [0.717, 1.165) is 24.2 Å². The van der Waals surface area contributed by atoms with Crippen molar-refractivity contribution in [2.75, 3.05) is 0 Å². The van der Waals surface area contributed by atoms with Crippen molar-refractivity contribution in [2.24, 2.45) is 0 Å². The van der Waals surface area contributed by atoms with Gasteiger partial charge in [-0.2, -0.15) is 0 Å². The molecule has 6 heteroatoms. The zero-order valence-electron chi connectivity index (χ0n) is 9.07. The molecule has 0 atom stereocenters. The quantitative estimate of drug-likeness (QED) is 0.787. The molecule has 16 heavy (non-hydrogen) atoms. The number of hydrogen-bond acceptors (Lipinski definition) is 4. The van der Waals surface area contributed by atoms with Gasteiger partial charge in [-0.05, 0) is 19.8 Å². The standard InChI is InChI=1S/C10H14ClNO3S/c1-7-9(6-16(11,13)14)12-15-10(7)8-4-2-3-5-8/h8H,2-6H2,1H3.